The van der Waals surface area contributed by atoms with E-state index in [-0.39, 0.29) is 6.04 Å². The summed E-state index contributed by atoms with van der Waals surface area (Å²) in [6, 6.07) is 19.4. The number of ether oxygens (including phenoxy) is 1. The Morgan fingerprint density at radius 3 is 2.37 bits per heavy atom. The normalized spacial score (nSPS) is 27.6. The molecule has 1 amide bonds. The van der Waals surface area contributed by atoms with Gasteiger partial charge in [0.25, 0.3) is 5.91 Å². The summed E-state index contributed by atoms with van der Waals surface area (Å²) < 4.78 is 4.90. The van der Waals surface area contributed by atoms with Crippen molar-refractivity contribution in [3.05, 3.63) is 71.8 Å². The largest absolute Gasteiger partial charge is 0.469 e. The molecule has 0 spiro atoms. The predicted molar refractivity (Wildman–Crippen MR) is 98.2 cm³/mol. The molecule has 1 N–H and O–H groups in total. The first kappa shape index (κ1) is 17.7. The molecule has 4 atom stereocenters. The number of amides is 1. The minimum Gasteiger partial charge on any atom is -0.469 e. The van der Waals surface area contributed by atoms with Gasteiger partial charge in [0.1, 0.15) is 18.2 Å². The molecule has 0 radical (unpaired) electrons. The molecule has 4 rings (SSSR count). The topological polar surface area (TPSA) is 70.1 Å². The van der Waals surface area contributed by atoms with Crippen molar-refractivity contribution in [2.75, 3.05) is 13.7 Å². The third-order valence-electron chi connectivity index (χ3n) is 5.46. The molecule has 0 saturated carbocycles. The van der Waals surface area contributed by atoms with Gasteiger partial charge in [-0.3, -0.25) is 14.5 Å². The van der Waals surface area contributed by atoms with Crippen LogP contribution in [0.25, 0.3) is 0 Å². The smallest absolute Gasteiger partial charge is 0.315 e. The average molecular weight is 366 g/mol. The second-order valence-electron chi connectivity index (χ2n) is 6.99. The fraction of sp³-hybridized carbons (Fsp3) is 0.333. The van der Waals surface area contributed by atoms with Crippen molar-refractivity contribution in [1.29, 1.82) is 0 Å². The standard InChI is InChI=1S/C21H22N2O4/c1-27-21(26)17-18(24)20(25)23-16(15-10-6-3-7-11-15)13-22(19(17)23)12-14-8-4-2-5-9-14/h2-11,16-19,24H,12-13H2,1H3/t16-,17+,18-,19+/m0/s1. The molecule has 2 aromatic carbocycles. The molecule has 2 aliphatic rings. The molecule has 0 bridgehead atoms. The first-order chi connectivity index (χ1) is 13.1. The summed E-state index contributed by atoms with van der Waals surface area (Å²) in [6.07, 6.45) is -1.91. The number of methoxy groups -OCH3 is 1. The number of fused-ring (bicyclic) bond motifs is 1. The lowest BCUT2D eigenvalue weighted by Gasteiger charge is -2.28. The van der Waals surface area contributed by atoms with Crippen LogP contribution in [0, 0.1) is 5.92 Å². The third kappa shape index (κ3) is 3.01. The summed E-state index contributed by atoms with van der Waals surface area (Å²) >= 11 is 0. The van der Waals surface area contributed by atoms with E-state index in [1.165, 1.54) is 7.11 Å². The van der Waals surface area contributed by atoms with Crippen LogP contribution in [0.4, 0.5) is 0 Å². The number of esters is 1. The number of aliphatic hydroxyl groups excluding tert-OH is 1. The molecular weight excluding hydrogens is 344 g/mol. The van der Waals surface area contributed by atoms with Crippen LogP contribution in [0.1, 0.15) is 17.2 Å². The highest BCUT2D eigenvalue weighted by molar-refractivity contribution is 5.92. The summed E-state index contributed by atoms with van der Waals surface area (Å²) in [4.78, 5) is 29.0. The van der Waals surface area contributed by atoms with E-state index in [2.05, 4.69) is 4.90 Å². The maximum Gasteiger partial charge on any atom is 0.315 e. The maximum atomic E-state index is 12.8. The lowest BCUT2D eigenvalue weighted by molar-refractivity contribution is -0.152. The van der Waals surface area contributed by atoms with Crippen LogP contribution < -0.4 is 0 Å². The fourth-order valence-corrected chi connectivity index (χ4v) is 4.24. The molecule has 2 aromatic rings. The quantitative estimate of drug-likeness (QED) is 0.832. The van der Waals surface area contributed by atoms with Gasteiger partial charge in [-0.2, -0.15) is 0 Å². The van der Waals surface area contributed by atoms with Gasteiger partial charge in [0.2, 0.25) is 0 Å². The number of aliphatic hydroxyl groups is 1. The first-order valence-corrected chi connectivity index (χ1v) is 9.03. The molecule has 6 nitrogen and oxygen atoms in total. The highest BCUT2D eigenvalue weighted by atomic mass is 16.5. The molecule has 0 aromatic heterocycles. The van der Waals surface area contributed by atoms with Crippen molar-refractivity contribution in [2.45, 2.75) is 24.9 Å². The zero-order valence-corrected chi connectivity index (χ0v) is 15.1. The van der Waals surface area contributed by atoms with E-state index in [0.717, 1.165) is 11.1 Å². The van der Waals surface area contributed by atoms with E-state index in [1.54, 1.807) is 4.90 Å². The monoisotopic (exact) mass is 366 g/mol. The van der Waals surface area contributed by atoms with Gasteiger partial charge in [-0.05, 0) is 11.1 Å². The summed E-state index contributed by atoms with van der Waals surface area (Å²) in [7, 11) is 1.29. The number of rotatable bonds is 4. The Morgan fingerprint density at radius 2 is 1.74 bits per heavy atom. The van der Waals surface area contributed by atoms with Crippen LogP contribution in [0.2, 0.25) is 0 Å². The van der Waals surface area contributed by atoms with Gasteiger partial charge in [-0.25, -0.2) is 0 Å². The Bertz CT molecular complexity index is 827. The van der Waals surface area contributed by atoms with Crippen LogP contribution in [0.15, 0.2) is 60.7 Å². The average Bonchev–Trinajstić information content (AvgIpc) is 3.19. The van der Waals surface area contributed by atoms with Crippen LogP contribution in [-0.2, 0) is 20.9 Å². The second kappa shape index (κ2) is 7.13. The van der Waals surface area contributed by atoms with Gasteiger partial charge >= 0.3 is 5.97 Å². The number of benzene rings is 2. The van der Waals surface area contributed by atoms with Crippen molar-refractivity contribution in [3.8, 4) is 0 Å². The maximum absolute atomic E-state index is 12.8. The highest BCUT2D eigenvalue weighted by Gasteiger charge is 2.59. The van der Waals surface area contributed by atoms with Crippen molar-refractivity contribution < 1.29 is 19.4 Å². The predicted octanol–water partition coefficient (Wildman–Crippen LogP) is 1.56. The lowest BCUT2D eigenvalue weighted by Crippen LogP contribution is -2.43. The van der Waals surface area contributed by atoms with Crippen molar-refractivity contribution in [3.63, 3.8) is 0 Å². The Balaban J connectivity index is 1.72. The molecule has 2 fully saturated rings. The summed E-state index contributed by atoms with van der Waals surface area (Å²) in [6.45, 7) is 1.17. The van der Waals surface area contributed by atoms with Crippen LogP contribution in [-0.4, -0.2) is 52.7 Å². The van der Waals surface area contributed by atoms with Crippen molar-refractivity contribution in [1.82, 2.24) is 9.80 Å². The van der Waals surface area contributed by atoms with E-state index >= 15 is 0 Å². The van der Waals surface area contributed by atoms with E-state index in [9.17, 15) is 14.7 Å². The number of carbonyl (C=O) groups excluding carboxylic acids is 2. The summed E-state index contributed by atoms with van der Waals surface area (Å²) in [5.74, 6) is -1.89. The van der Waals surface area contributed by atoms with E-state index < -0.39 is 30.1 Å². The molecule has 2 aliphatic heterocycles. The Hall–Kier alpha value is -2.70. The SMILES string of the molecule is COC(=O)[C@@H]1[C@H](O)C(=O)N2[C@H]1N(Cc1ccccc1)C[C@H]2c1ccccc1. The summed E-state index contributed by atoms with van der Waals surface area (Å²) in [5, 5.41) is 10.5. The Labute approximate surface area is 158 Å². The van der Waals surface area contributed by atoms with Crippen LogP contribution in [0.5, 0.6) is 0 Å². The van der Waals surface area contributed by atoms with Gasteiger partial charge in [-0.1, -0.05) is 60.7 Å². The van der Waals surface area contributed by atoms with Crippen molar-refractivity contribution in [2.24, 2.45) is 5.92 Å². The fourth-order valence-electron chi connectivity index (χ4n) is 4.24. The van der Waals surface area contributed by atoms with Crippen molar-refractivity contribution >= 4 is 11.9 Å². The molecule has 140 valence electrons. The third-order valence-corrected chi connectivity index (χ3v) is 5.46. The Morgan fingerprint density at radius 1 is 1.11 bits per heavy atom. The number of hydrogen-bond donors (Lipinski definition) is 1. The minimum atomic E-state index is -1.38. The van der Waals surface area contributed by atoms with Crippen LogP contribution >= 0.6 is 0 Å². The van der Waals surface area contributed by atoms with Crippen LogP contribution in [0.3, 0.4) is 0 Å². The van der Waals surface area contributed by atoms with Gasteiger partial charge < -0.3 is 14.7 Å². The van der Waals surface area contributed by atoms with Gasteiger partial charge in [0.15, 0.2) is 0 Å². The molecule has 6 heteroatoms. The zero-order valence-electron chi connectivity index (χ0n) is 15.1. The molecule has 2 saturated heterocycles. The van der Waals surface area contributed by atoms with Gasteiger partial charge in [-0.15, -0.1) is 0 Å². The molecular formula is C21H22N2O4. The number of hydrogen-bond acceptors (Lipinski definition) is 5. The Kier molecular flexibility index (Phi) is 4.68. The van der Waals surface area contributed by atoms with E-state index in [0.29, 0.717) is 13.1 Å². The molecule has 27 heavy (non-hydrogen) atoms. The first-order valence-electron chi connectivity index (χ1n) is 9.03. The summed E-state index contributed by atoms with van der Waals surface area (Å²) in [5.41, 5.74) is 2.08. The second-order valence-corrected chi connectivity index (χ2v) is 6.99. The molecule has 2 heterocycles. The number of carbonyl (C=O) groups is 2. The zero-order chi connectivity index (χ0) is 19.0. The van der Waals surface area contributed by atoms with Gasteiger partial charge in [0.05, 0.1) is 13.2 Å². The minimum absolute atomic E-state index is 0.211. The van der Waals surface area contributed by atoms with E-state index in [4.69, 9.17) is 4.74 Å². The van der Waals surface area contributed by atoms with Gasteiger partial charge in [0, 0.05) is 13.1 Å². The number of nitrogens with zero attached hydrogens (tertiary/aromatic N) is 2. The molecule has 0 aliphatic carbocycles. The highest BCUT2D eigenvalue weighted by Crippen LogP contribution is 2.43. The lowest BCUT2D eigenvalue weighted by atomic mass is 10.0. The molecule has 0 unspecified atom stereocenters. The van der Waals surface area contributed by atoms with E-state index in [1.807, 2.05) is 60.7 Å².